The lowest BCUT2D eigenvalue weighted by atomic mass is 10.3. The first-order chi connectivity index (χ1) is 7.61. The molecule has 0 saturated heterocycles. The highest BCUT2D eigenvalue weighted by molar-refractivity contribution is 5.73. The molecule has 2 atom stereocenters. The number of pyridine rings is 1. The third-order valence-corrected chi connectivity index (χ3v) is 2.78. The highest BCUT2D eigenvalue weighted by atomic mass is 16.4. The van der Waals surface area contributed by atoms with Crippen molar-refractivity contribution in [3.05, 3.63) is 34.2 Å². The molecule has 1 saturated carbocycles. The van der Waals surface area contributed by atoms with Crippen LogP contribution in [0.1, 0.15) is 12.0 Å². The number of aliphatic carboxylic acids is 1. The fourth-order valence-electron chi connectivity index (χ4n) is 1.74. The average molecular weight is 218 g/mol. The van der Waals surface area contributed by atoms with Crippen LogP contribution in [0, 0.1) is 23.2 Å². The monoisotopic (exact) mass is 218 g/mol. The van der Waals surface area contributed by atoms with Gasteiger partial charge in [0, 0.05) is 18.8 Å². The van der Waals surface area contributed by atoms with Crippen LogP contribution in [-0.4, -0.2) is 15.6 Å². The molecule has 0 aliphatic heterocycles. The number of hydrogen-bond donors (Lipinski definition) is 1. The fourth-order valence-corrected chi connectivity index (χ4v) is 1.74. The first kappa shape index (κ1) is 10.4. The first-order valence-corrected chi connectivity index (χ1v) is 4.95. The summed E-state index contributed by atoms with van der Waals surface area (Å²) < 4.78 is 1.41. The Morgan fingerprint density at radius 3 is 2.94 bits per heavy atom. The molecule has 0 aromatic carbocycles. The zero-order chi connectivity index (χ0) is 11.7. The SMILES string of the molecule is N#Cc1ccc(=O)n(C[C@@H]2C[C@H]2C(=O)O)c1. The summed E-state index contributed by atoms with van der Waals surface area (Å²) in [6, 6.07) is 4.73. The quantitative estimate of drug-likeness (QED) is 0.797. The van der Waals surface area contributed by atoms with Crippen molar-refractivity contribution in [3.8, 4) is 6.07 Å². The molecule has 1 aromatic rings. The van der Waals surface area contributed by atoms with E-state index >= 15 is 0 Å². The van der Waals surface area contributed by atoms with Crippen LogP contribution >= 0.6 is 0 Å². The molecule has 0 unspecified atom stereocenters. The molecule has 1 fully saturated rings. The van der Waals surface area contributed by atoms with E-state index in [1.54, 1.807) is 0 Å². The van der Waals surface area contributed by atoms with Gasteiger partial charge in [0.1, 0.15) is 6.07 Å². The largest absolute Gasteiger partial charge is 0.481 e. The van der Waals surface area contributed by atoms with E-state index in [1.807, 2.05) is 6.07 Å². The Bertz CT molecular complexity index is 527. The van der Waals surface area contributed by atoms with Crippen LogP contribution in [0.25, 0.3) is 0 Å². The van der Waals surface area contributed by atoms with E-state index in [0.29, 0.717) is 18.5 Å². The number of rotatable bonds is 3. The number of aromatic nitrogens is 1. The van der Waals surface area contributed by atoms with Gasteiger partial charge in [0.05, 0.1) is 11.5 Å². The molecule has 5 heteroatoms. The van der Waals surface area contributed by atoms with E-state index < -0.39 is 5.97 Å². The number of carboxylic acids is 1. The van der Waals surface area contributed by atoms with Gasteiger partial charge < -0.3 is 9.67 Å². The van der Waals surface area contributed by atoms with Crippen molar-refractivity contribution in [2.45, 2.75) is 13.0 Å². The van der Waals surface area contributed by atoms with Crippen LogP contribution in [0.2, 0.25) is 0 Å². The Morgan fingerprint density at radius 1 is 1.62 bits per heavy atom. The van der Waals surface area contributed by atoms with Crippen LogP contribution in [-0.2, 0) is 11.3 Å². The minimum absolute atomic E-state index is 0.0177. The van der Waals surface area contributed by atoms with Crippen molar-refractivity contribution in [2.75, 3.05) is 0 Å². The van der Waals surface area contributed by atoms with Gasteiger partial charge in [-0.15, -0.1) is 0 Å². The normalized spacial score (nSPS) is 22.4. The minimum Gasteiger partial charge on any atom is -0.481 e. The zero-order valence-corrected chi connectivity index (χ0v) is 8.46. The third-order valence-electron chi connectivity index (χ3n) is 2.78. The fraction of sp³-hybridized carbons (Fsp3) is 0.364. The molecule has 0 bridgehead atoms. The van der Waals surface area contributed by atoms with E-state index in [0.717, 1.165) is 0 Å². The lowest BCUT2D eigenvalue weighted by Gasteiger charge is -2.03. The molecule has 0 amide bonds. The maximum Gasteiger partial charge on any atom is 0.306 e. The molecule has 1 aliphatic rings. The van der Waals surface area contributed by atoms with E-state index in [2.05, 4.69) is 0 Å². The number of nitrogens with zero attached hydrogens (tertiary/aromatic N) is 2. The van der Waals surface area contributed by atoms with Gasteiger partial charge in [0.25, 0.3) is 5.56 Å². The van der Waals surface area contributed by atoms with Gasteiger partial charge in [-0.25, -0.2) is 0 Å². The van der Waals surface area contributed by atoms with Crippen molar-refractivity contribution < 1.29 is 9.90 Å². The van der Waals surface area contributed by atoms with Gasteiger partial charge in [-0.2, -0.15) is 5.26 Å². The van der Waals surface area contributed by atoms with Crippen molar-refractivity contribution in [3.63, 3.8) is 0 Å². The lowest BCUT2D eigenvalue weighted by Crippen LogP contribution is -2.20. The van der Waals surface area contributed by atoms with E-state index in [4.69, 9.17) is 10.4 Å². The number of hydrogen-bond acceptors (Lipinski definition) is 3. The average Bonchev–Trinajstić information content (AvgIpc) is 3.01. The molecule has 1 aromatic heterocycles. The summed E-state index contributed by atoms with van der Waals surface area (Å²) in [6.45, 7) is 0.380. The molecule has 1 N–H and O–H groups in total. The maximum absolute atomic E-state index is 11.4. The molecule has 1 heterocycles. The topological polar surface area (TPSA) is 83.1 Å². The number of nitriles is 1. The predicted octanol–water partition coefficient (Wildman–Crippen LogP) is 0.441. The van der Waals surface area contributed by atoms with Crippen LogP contribution in [0.5, 0.6) is 0 Å². The highest BCUT2D eigenvalue weighted by Gasteiger charge is 2.43. The summed E-state index contributed by atoms with van der Waals surface area (Å²) in [5.41, 5.74) is 0.210. The molecular formula is C11H10N2O3. The van der Waals surface area contributed by atoms with Gasteiger partial charge in [-0.3, -0.25) is 9.59 Å². The second-order valence-electron chi connectivity index (χ2n) is 3.96. The lowest BCUT2D eigenvalue weighted by molar-refractivity contribution is -0.138. The van der Waals surface area contributed by atoms with Crippen LogP contribution in [0.15, 0.2) is 23.1 Å². The Kier molecular flexibility index (Phi) is 2.49. The summed E-state index contributed by atoms with van der Waals surface area (Å²) in [4.78, 5) is 22.1. The second-order valence-corrected chi connectivity index (χ2v) is 3.96. The Hall–Kier alpha value is -2.09. The number of carboxylic acid groups (broad SMARTS) is 1. The Balaban J connectivity index is 2.14. The smallest absolute Gasteiger partial charge is 0.306 e. The minimum atomic E-state index is -0.811. The third kappa shape index (κ3) is 1.96. The Morgan fingerprint density at radius 2 is 2.38 bits per heavy atom. The molecule has 82 valence electrons. The van der Waals surface area contributed by atoms with Gasteiger partial charge in [-0.1, -0.05) is 0 Å². The molecule has 0 radical (unpaired) electrons. The second kappa shape index (κ2) is 3.81. The Labute approximate surface area is 91.6 Å². The van der Waals surface area contributed by atoms with E-state index in [-0.39, 0.29) is 17.4 Å². The van der Waals surface area contributed by atoms with Gasteiger partial charge in [0.15, 0.2) is 0 Å². The van der Waals surface area contributed by atoms with Crippen molar-refractivity contribution in [2.24, 2.45) is 11.8 Å². The van der Waals surface area contributed by atoms with E-state index in [1.165, 1.54) is 22.9 Å². The number of carbonyl (C=O) groups is 1. The van der Waals surface area contributed by atoms with Gasteiger partial charge in [-0.05, 0) is 18.4 Å². The molecule has 16 heavy (non-hydrogen) atoms. The van der Waals surface area contributed by atoms with Gasteiger partial charge >= 0.3 is 5.97 Å². The summed E-state index contributed by atoms with van der Waals surface area (Å²) in [6.07, 6.45) is 2.08. The summed E-state index contributed by atoms with van der Waals surface area (Å²) >= 11 is 0. The summed E-state index contributed by atoms with van der Waals surface area (Å²) in [7, 11) is 0. The van der Waals surface area contributed by atoms with Crippen LogP contribution < -0.4 is 5.56 Å². The molecule has 0 spiro atoms. The molecule has 5 nitrogen and oxygen atoms in total. The standard InChI is InChI=1S/C11H10N2O3/c12-4-7-1-2-10(14)13(5-7)6-8-3-9(8)11(15)16/h1-2,5,8-9H,3,6H2,(H,15,16)/t8-,9+/m0/s1. The van der Waals surface area contributed by atoms with Gasteiger partial charge in [0.2, 0.25) is 0 Å². The zero-order valence-electron chi connectivity index (χ0n) is 8.46. The van der Waals surface area contributed by atoms with Crippen molar-refractivity contribution in [1.82, 2.24) is 4.57 Å². The summed E-state index contributed by atoms with van der Waals surface area (Å²) in [5, 5.41) is 17.4. The van der Waals surface area contributed by atoms with Crippen molar-refractivity contribution >= 4 is 5.97 Å². The summed E-state index contributed by atoms with van der Waals surface area (Å²) in [5.74, 6) is -1.13. The highest BCUT2D eigenvalue weighted by Crippen LogP contribution is 2.39. The molecule has 1 aliphatic carbocycles. The first-order valence-electron chi connectivity index (χ1n) is 4.95. The molecule has 2 rings (SSSR count). The maximum atomic E-state index is 11.4. The van der Waals surface area contributed by atoms with Crippen molar-refractivity contribution in [1.29, 1.82) is 5.26 Å². The van der Waals surface area contributed by atoms with Crippen LogP contribution in [0.3, 0.4) is 0 Å². The molecular weight excluding hydrogens is 208 g/mol. The van der Waals surface area contributed by atoms with E-state index in [9.17, 15) is 9.59 Å². The van der Waals surface area contributed by atoms with Crippen LogP contribution in [0.4, 0.5) is 0 Å². The predicted molar refractivity (Wildman–Crippen MR) is 54.6 cm³/mol.